The zero-order valence-electron chi connectivity index (χ0n) is 15.8. The van der Waals surface area contributed by atoms with Gasteiger partial charge < -0.3 is 0 Å². The molecule has 2 atom stereocenters. The molecule has 31 heavy (non-hydrogen) atoms. The van der Waals surface area contributed by atoms with Gasteiger partial charge in [0.1, 0.15) is 5.37 Å². The molecule has 0 aliphatic carbocycles. The average molecular weight is 482 g/mol. The lowest BCUT2D eigenvalue weighted by atomic mass is 10.1. The third-order valence-corrected chi connectivity index (χ3v) is 7.59. The van der Waals surface area contributed by atoms with Gasteiger partial charge in [0.25, 0.3) is 0 Å². The van der Waals surface area contributed by atoms with Crippen LogP contribution >= 0.6 is 23.4 Å². The highest BCUT2D eigenvalue weighted by molar-refractivity contribution is 8.00. The fourth-order valence-corrected chi connectivity index (χ4v) is 5.57. The van der Waals surface area contributed by atoms with Gasteiger partial charge in [0.2, 0.25) is 5.91 Å². The van der Waals surface area contributed by atoms with Crippen molar-refractivity contribution < 1.29 is 22.2 Å². The SMILES string of the molecule is O=C1CSC(c2cccc(C(F)(F)F)c2)N1c1ccc(S(=O)c2ccc(Cl)cc2)cc1. The summed E-state index contributed by atoms with van der Waals surface area (Å²) in [4.78, 5) is 15.1. The molecule has 3 nitrogen and oxygen atoms in total. The molecule has 4 rings (SSSR count). The molecule has 2 unspecified atom stereocenters. The molecule has 1 heterocycles. The highest BCUT2D eigenvalue weighted by atomic mass is 35.5. The van der Waals surface area contributed by atoms with Gasteiger partial charge in [-0.2, -0.15) is 13.2 Å². The van der Waals surface area contributed by atoms with Crippen LogP contribution in [0.5, 0.6) is 0 Å². The zero-order valence-corrected chi connectivity index (χ0v) is 18.2. The van der Waals surface area contributed by atoms with E-state index in [0.29, 0.717) is 26.1 Å². The van der Waals surface area contributed by atoms with Gasteiger partial charge in [0, 0.05) is 20.5 Å². The largest absolute Gasteiger partial charge is 0.416 e. The number of carbonyl (C=O) groups excluding carboxylic acids is 1. The molecular formula is C22H15ClF3NO2S2. The number of halogens is 4. The van der Waals surface area contributed by atoms with Crippen LogP contribution in [-0.2, 0) is 21.8 Å². The third kappa shape index (κ3) is 4.66. The van der Waals surface area contributed by atoms with E-state index in [9.17, 15) is 22.2 Å². The fraction of sp³-hybridized carbons (Fsp3) is 0.136. The van der Waals surface area contributed by atoms with Crippen molar-refractivity contribution >= 4 is 45.8 Å². The molecule has 160 valence electrons. The van der Waals surface area contributed by atoms with E-state index in [1.165, 1.54) is 22.7 Å². The van der Waals surface area contributed by atoms with Gasteiger partial charge >= 0.3 is 6.18 Å². The Hall–Kier alpha value is -2.29. The molecule has 0 radical (unpaired) electrons. The Morgan fingerprint density at radius 3 is 2.19 bits per heavy atom. The topological polar surface area (TPSA) is 37.4 Å². The molecule has 0 N–H and O–H groups in total. The van der Waals surface area contributed by atoms with E-state index in [-0.39, 0.29) is 11.7 Å². The minimum atomic E-state index is -4.46. The van der Waals surface area contributed by atoms with Crippen molar-refractivity contribution in [2.45, 2.75) is 21.3 Å². The van der Waals surface area contributed by atoms with Crippen molar-refractivity contribution in [3.8, 4) is 0 Å². The molecule has 0 saturated carbocycles. The smallest absolute Gasteiger partial charge is 0.295 e. The van der Waals surface area contributed by atoms with Gasteiger partial charge in [-0.3, -0.25) is 9.69 Å². The minimum absolute atomic E-state index is 0.166. The number of thioether (sulfide) groups is 1. The van der Waals surface area contributed by atoms with Crippen LogP contribution in [0.1, 0.15) is 16.5 Å². The molecule has 1 fully saturated rings. The quantitative estimate of drug-likeness (QED) is 0.438. The Kier molecular flexibility index (Phi) is 6.14. The Balaban J connectivity index is 1.61. The maximum Gasteiger partial charge on any atom is 0.416 e. The Morgan fingerprint density at radius 2 is 1.58 bits per heavy atom. The summed E-state index contributed by atoms with van der Waals surface area (Å²) in [5, 5.41) is -0.0239. The van der Waals surface area contributed by atoms with Crippen LogP contribution in [-0.4, -0.2) is 15.9 Å². The van der Waals surface area contributed by atoms with E-state index >= 15 is 0 Å². The molecule has 1 aliphatic heterocycles. The highest BCUT2D eigenvalue weighted by Gasteiger charge is 2.36. The summed E-state index contributed by atoms with van der Waals surface area (Å²) in [7, 11) is -1.42. The van der Waals surface area contributed by atoms with Crippen molar-refractivity contribution in [1.82, 2.24) is 0 Å². The Labute approximate surface area is 188 Å². The molecule has 1 aliphatic rings. The van der Waals surface area contributed by atoms with Crippen molar-refractivity contribution in [3.63, 3.8) is 0 Å². The summed E-state index contributed by atoms with van der Waals surface area (Å²) < 4.78 is 52.1. The minimum Gasteiger partial charge on any atom is -0.295 e. The first-order chi connectivity index (χ1) is 14.7. The number of alkyl halides is 3. The third-order valence-electron chi connectivity index (χ3n) is 4.72. The predicted octanol–water partition coefficient (Wildman–Crippen LogP) is 6.30. The molecule has 9 heteroatoms. The molecule has 3 aromatic rings. The monoisotopic (exact) mass is 481 g/mol. The van der Waals surface area contributed by atoms with E-state index in [1.54, 1.807) is 54.6 Å². The van der Waals surface area contributed by atoms with E-state index in [1.807, 2.05) is 0 Å². The van der Waals surface area contributed by atoms with Crippen LogP contribution in [0.3, 0.4) is 0 Å². The first kappa shape index (κ1) is 21.9. The van der Waals surface area contributed by atoms with Crippen molar-refractivity contribution in [3.05, 3.63) is 88.9 Å². The Morgan fingerprint density at radius 1 is 0.968 bits per heavy atom. The predicted molar refractivity (Wildman–Crippen MR) is 117 cm³/mol. The van der Waals surface area contributed by atoms with Crippen molar-refractivity contribution in [2.75, 3.05) is 10.7 Å². The number of amides is 1. The number of hydrogen-bond acceptors (Lipinski definition) is 3. The van der Waals surface area contributed by atoms with Crippen LogP contribution in [0.25, 0.3) is 0 Å². The van der Waals surface area contributed by atoms with Gasteiger partial charge in [-0.1, -0.05) is 23.7 Å². The first-order valence-electron chi connectivity index (χ1n) is 9.12. The highest BCUT2D eigenvalue weighted by Crippen LogP contribution is 2.43. The summed E-state index contributed by atoms with van der Waals surface area (Å²) in [6.45, 7) is 0. The second-order valence-corrected chi connectivity index (χ2v) is 9.75. The number of carbonyl (C=O) groups is 1. The summed E-state index contributed by atoms with van der Waals surface area (Å²) in [6, 6.07) is 18.3. The number of nitrogens with zero attached hydrogens (tertiary/aromatic N) is 1. The normalized spacial score (nSPS) is 17.7. The van der Waals surface area contributed by atoms with Crippen LogP contribution in [0.4, 0.5) is 18.9 Å². The summed E-state index contributed by atoms with van der Waals surface area (Å²) in [5.74, 6) is -0.0293. The fourth-order valence-electron chi connectivity index (χ4n) is 3.24. The maximum absolute atomic E-state index is 13.1. The molecule has 3 aromatic carbocycles. The summed E-state index contributed by atoms with van der Waals surface area (Å²) in [6.07, 6.45) is -4.46. The van der Waals surface area contributed by atoms with Crippen LogP contribution in [0.15, 0.2) is 82.6 Å². The van der Waals surface area contributed by atoms with Gasteiger partial charge in [-0.15, -0.1) is 11.8 Å². The lowest BCUT2D eigenvalue weighted by Crippen LogP contribution is -2.28. The van der Waals surface area contributed by atoms with Crippen LogP contribution in [0, 0.1) is 0 Å². The molecule has 1 saturated heterocycles. The van der Waals surface area contributed by atoms with Crippen molar-refractivity contribution in [1.29, 1.82) is 0 Å². The molecule has 1 amide bonds. The number of hydrogen-bond donors (Lipinski definition) is 0. The van der Waals surface area contributed by atoms with Crippen LogP contribution < -0.4 is 4.90 Å². The van der Waals surface area contributed by atoms with Gasteiger partial charge in [-0.05, 0) is 66.2 Å². The molecule has 0 aromatic heterocycles. The lowest BCUT2D eigenvalue weighted by Gasteiger charge is -2.25. The molecular weight excluding hydrogens is 467 g/mol. The standard InChI is InChI=1S/C22H15ClF3NO2S2/c23-16-4-8-18(9-5-16)31(29)19-10-6-17(7-11-19)27-20(28)13-30-21(27)14-2-1-3-15(12-14)22(24,25)26/h1-12,21H,13H2. The second kappa shape index (κ2) is 8.68. The zero-order chi connectivity index (χ0) is 22.2. The molecule has 0 spiro atoms. The van der Waals surface area contributed by atoms with E-state index in [2.05, 4.69) is 0 Å². The second-order valence-electron chi connectivity index (χ2n) is 6.77. The number of benzene rings is 3. The Bertz CT molecular complexity index is 1130. The number of rotatable bonds is 4. The van der Waals surface area contributed by atoms with E-state index < -0.39 is 27.9 Å². The van der Waals surface area contributed by atoms with E-state index in [4.69, 9.17) is 11.6 Å². The lowest BCUT2D eigenvalue weighted by molar-refractivity contribution is -0.137. The average Bonchev–Trinajstić information content (AvgIpc) is 3.15. The summed E-state index contributed by atoms with van der Waals surface area (Å²) >= 11 is 7.14. The number of anilines is 1. The van der Waals surface area contributed by atoms with E-state index in [0.717, 1.165) is 12.1 Å². The van der Waals surface area contributed by atoms with Crippen LogP contribution in [0.2, 0.25) is 5.02 Å². The molecule has 0 bridgehead atoms. The first-order valence-corrected chi connectivity index (χ1v) is 11.7. The van der Waals surface area contributed by atoms with Crippen molar-refractivity contribution in [2.24, 2.45) is 0 Å². The summed E-state index contributed by atoms with van der Waals surface area (Å²) in [5.41, 5.74) is 0.187. The maximum atomic E-state index is 13.1. The van der Waals surface area contributed by atoms with Gasteiger partial charge in [0.05, 0.1) is 22.1 Å². The van der Waals surface area contributed by atoms with Gasteiger partial charge in [0.15, 0.2) is 0 Å². The van der Waals surface area contributed by atoms with Gasteiger partial charge in [-0.25, -0.2) is 4.21 Å².